The molecule has 19 heavy (non-hydrogen) atoms. The average molecular weight is 261 g/mol. The molecule has 1 aromatic rings. The van der Waals surface area contributed by atoms with Crippen LogP contribution in [0.15, 0.2) is 24.3 Å². The van der Waals surface area contributed by atoms with Gasteiger partial charge < -0.3 is 10.1 Å². The van der Waals surface area contributed by atoms with Crippen LogP contribution in [0.3, 0.4) is 0 Å². The van der Waals surface area contributed by atoms with Crippen molar-refractivity contribution in [3.8, 4) is 5.75 Å². The third-order valence-corrected chi connectivity index (χ3v) is 4.31. The molecule has 0 spiro atoms. The maximum absolute atomic E-state index is 5.65. The van der Waals surface area contributed by atoms with Crippen molar-refractivity contribution in [2.24, 2.45) is 5.92 Å². The topological polar surface area (TPSA) is 21.3 Å². The van der Waals surface area contributed by atoms with Crippen molar-refractivity contribution in [1.82, 2.24) is 5.32 Å². The molecular weight excluding hydrogens is 234 g/mol. The van der Waals surface area contributed by atoms with Gasteiger partial charge in [0.2, 0.25) is 0 Å². The summed E-state index contributed by atoms with van der Waals surface area (Å²) in [5.41, 5.74) is 1.47. The largest absolute Gasteiger partial charge is 0.494 e. The van der Waals surface area contributed by atoms with Gasteiger partial charge in [-0.2, -0.15) is 0 Å². The molecule has 106 valence electrons. The number of nitrogens with one attached hydrogen (secondary N) is 1. The van der Waals surface area contributed by atoms with Crippen LogP contribution in [0.5, 0.6) is 5.75 Å². The smallest absolute Gasteiger partial charge is 0.119 e. The van der Waals surface area contributed by atoms with Crippen LogP contribution in [0.1, 0.15) is 51.5 Å². The summed E-state index contributed by atoms with van der Waals surface area (Å²) in [5.74, 6) is 2.42. The van der Waals surface area contributed by atoms with Crippen molar-refractivity contribution in [2.45, 2.75) is 52.0 Å². The normalized spacial score (nSPS) is 26.6. The molecule has 0 heterocycles. The molecule has 1 N–H and O–H groups in total. The quantitative estimate of drug-likeness (QED) is 0.836. The molecule has 0 aromatic heterocycles. The lowest BCUT2D eigenvalue weighted by atomic mass is 9.89. The molecule has 1 fully saturated rings. The Morgan fingerprint density at radius 3 is 2.53 bits per heavy atom. The molecule has 2 rings (SSSR count). The van der Waals surface area contributed by atoms with Crippen LogP contribution in [0.4, 0.5) is 0 Å². The summed E-state index contributed by atoms with van der Waals surface area (Å²) in [6, 6.07) is 9.43. The molecule has 1 aromatic carbocycles. The second-order valence-corrected chi connectivity index (χ2v) is 5.62. The van der Waals surface area contributed by atoms with Crippen molar-refractivity contribution >= 4 is 0 Å². The van der Waals surface area contributed by atoms with Gasteiger partial charge in [0.05, 0.1) is 6.61 Å². The van der Waals surface area contributed by atoms with Crippen LogP contribution in [0.2, 0.25) is 0 Å². The van der Waals surface area contributed by atoms with Gasteiger partial charge in [0.15, 0.2) is 0 Å². The first-order valence-electron chi connectivity index (χ1n) is 7.72. The fourth-order valence-electron chi connectivity index (χ4n) is 3.22. The number of hydrogen-bond acceptors (Lipinski definition) is 2. The van der Waals surface area contributed by atoms with E-state index >= 15 is 0 Å². The van der Waals surface area contributed by atoms with Gasteiger partial charge in [-0.25, -0.2) is 0 Å². The van der Waals surface area contributed by atoms with Crippen LogP contribution in [-0.4, -0.2) is 19.2 Å². The minimum atomic E-state index is 0.686. The van der Waals surface area contributed by atoms with Gasteiger partial charge >= 0.3 is 0 Å². The molecule has 0 amide bonds. The highest BCUT2D eigenvalue weighted by Crippen LogP contribution is 2.39. The van der Waals surface area contributed by atoms with E-state index in [-0.39, 0.29) is 0 Å². The van der Waals surface area contributed by atoms with Crippen LogP contribution >= 0.6 is 0 Å². The zero-order chi connectivity index (χ0) is 13.7. The Morgan fingerprint density at radius 1 is 1.16 bits per heavy atom. The molecule has 2 nitrogen and oxygen atoms in total. The molecule has 2 heteroatoms. The first-order chi connectivity index (χ1) is 9.26. The van der Waals surface area contributed by atoms with E-state index in [1.807, 2.05) is 0 Å². The molecule has 1 aliphatic carbocycles. The summed E-state index contributed by atoms with van der Waals surface area (Å²) >= 11 is 0. The van der Waals surface area contributed by atoms with E-state index in [1.165, 1.54) is 18.4 Å². The standard InChI is InChI=1S/C17H27NO/c1-4-12-19-15-8-6-14(7-9-15)16-10-11-17(13(16)3)18-5-2/h6-9,13,16-18H,4-5,10-12H2,1-3H3. The Balaban J connectivity index is 1.98. The Morgan fingerprint density at radius 2 is 1.89 bits per heavy atom. The molecule has 1 saturated carbocycles. The Kier molecular flexibility index (Phi) is 5.26. The first kappa shape index (κ1) is 14.4. The lowest BCUT2D eigenvalue weighted by Crippen LogP contribution is -2.32. The minimum Gasteiger partial charge on any atom is -0.494 e. The summed E-state index contributed by atoms with van der Waals surface area (Å²) in [6.07, 6.45) is 3.66. The molecule has 0 bridgehead atoms. The Labute approximate surface area is 117 Å². The van der Waals surface area contributed by atoms with Gasteiger partial charge in [-0.15, -0.1) is 0 Å². The lowest BCUT2D eigenvalue weighted by Gasteiger charge is -2.21. The fraction of sp³-hybridized carbons (Fsp3) is 0.647. The molecule has 0 saturated heterocycles. The first-order valence-corrected chi connectivity index (χ1v) is 7.72. The van der Waals surface area contributed by atoms with Gasteiger partial charge in [0.1, 0.15) is 5.75 Å². The Bertz CT molecular complexity index is 373. The van der Waals surface area contributed by atoms with Crippen LogP contribution < -0.4 is 10.1 Å². The third kappa shape index (κ3) is 3.50. The lowest BCUT2D eigenvalue weighted by molar-refractivity contribution is 0.317. The second-order valence-electron chi connectivity index (χ2n) is 5.62. The molecular formula is C17H27NO. The maximum Gasteiger partial charge on any atom is 0.119 e. The van der Waals surface area contributed by atoms with Crippen LogP contribution in [0.25, 0.3) is 0 Å². The van der Waals surface area contributed by atoms with E-state index in [4.69, 9.17) is 4.74 Å². The average Bonchev–Trinajstić information content (AvgIpc) is 2.79. The number of benzene rings is 1. The minimum absolute atomic E-state index is 0.686. The highest BCUT2D eigenvalue weighted by Gasteiger charge is 2.32. The monoisotopic (exact) mass is 261 g/mol. The van der Waals surface area contributed by atoms with Crippen molar-refractivity contribution in [3.05, 3.63) is 29.8 Å². The SMILES string of the molecule is CCCOc1ccc(C2CCC(NCC)C2C)cc1. The van der Waals surface area contributed by atoms with Gasteiger partial charge in [-0.1, -0.05) is 32.9 Å². The summed E-state index contributed by atoms with van der Waals surface area (Å²) in [7, 11) is 0. The van der Waals surface area contributed by atoms with E-state index in [9.17, 15) is 0 Å². The summed E-state index contributed by atoms with van der Waals surface area (Å²) in [6.45, 7) is 8.59. The number of rotatable bonds is 6. The zero-order valence-corrected chi connectivity index (χ0v) is 12.5. The van der Waals surface area contributed by atoms with Crippen molar-refractivity contribution in [3.63, 3.8) is 0 Å². The molecule has 3 unspecified atom stereocenters. The fourth-order valence-corrected chi connectivity index (χ4v) is 3.22. The highest BCUT2D eigenvalue weighted by atomic mass is 16.5. The highest BCUT2D eigenvalue weighted by molar-refractivity contribution is 5.30. The molecule has 0 radical (unpaired) electrons. The summed E-state index contributed by atoms with van der Waals surface area (Å²) in [5, 5.41) is 3.61. The number of hydrogen-bond donors (Lipinski definition) is 1. The summed E-state index contributed by atoms with van der Waals surface area (Å²) in [4.78, 5) is 0. The van der Waals surface area contributed by atoms with Gasteiger partial charge in [0, 0.05) is 6.04 Å². The summed E-state index contributed by atoms with van der Waals surface area (Å²) < 4.78 is 5.65. The van der Waals surface area contributed by atoms with Gasteiger partial charge in [-0.05, 0) is 55.3 Å². The third-order valence-electron chi connectivity index (χ3n) is 4.31. The molecule has 1 aliphatic rings. The second kappa shape index (κ2) is 6.95. The van der Waals surface area contributed by atoms with Crippen molar-refractivity contribution < 1.29 is 4.74 Å². The van der Waals surface area contributed by atoms with E-state index in [1.54, 1.807) is 0 Å². The van der Waals surface area contributed by atoms with Crippen LogP contribution in [0, 0.1) is 5.92 Å². The van der Waals surface area contributed by atoms with E-state index in [0.29, 0.717) is 12.0 Å². The maximum atomic E-state index is 5.65. The van der Waals surface area contributed by atoms with Crippen molar-refractivity contribution in [2.75, 3.05) is 13.2 Å². The predicted octanol–water partition coefficient (Wildman–Crippen LogP) is 3.97. The zero-order valence-electron chi connectivity index (χ0n) is 12.5. The van der Waals surface area contributed by atoms with E-state index in [2.05, 4.69) is 50.4 Å². The number of ether oxygens (including phenoxy) is 1. The van der Waals surface area contributed by atoms with Gasteiger partial charge in [0.25, 0.3) is 0 Å². The van der Waals surface area contributed by atoms with Crippen molar-refractivity contribution in [1.29, 1.82) is 0 Å². The van der Waals surface area contributed by atoms with Gasteiger partial charge in [-0.3, -0.25) is 0 Å². The van der Waals surface area contributed by atoms with Crippen LogP contribution in [-0.2, 0) is 0 Å². The molecule has 0 aliphatic heterocycles. The predicted molar refractivity (Wildman–Crippen MR) is 80.8 cm³/mol. The van der Waals surface area contributed by atoms with E-state index < -0.39 is 0 Å². The van der Waals surface area contributed by atoms with E-state index in [0.717, 1.165) is 31.2 Å². The molecule has 3 atom stereocenters. The Hall–Kier alpha value is -1.02.